The average Bonchev–Trinajstić information content (AvgIpc) is 3.04. The lowest BCUT2D eigenvalue weighted by atomic mass is 10.1. The molecule has 3 rings (SSSR count). The van der Waals surface area contributed by atoms with Crippen molar-refractivity contribution >= 4 is 17.3 Å². The molecule has 5 heteroatoms. The number of nitrogens with one attached hydrogen (secondary N) is 2. The Balaban J connectivity index is 1.66. The summed E-state index contributed by atoms with van der Waals surface area (Å²) < 4.78 is 5.61. The van der Waals surface area contributed by atoms with Crippen molar-refractivity contribution in [3.63, 3.8) is 0 Å². The van der Waals surface area contributed by atoms with E-state index in [-0.39, 0.29) is 0 Å². The van der Waals surface area contributed by atoms with Crippen LogP contribution in [-0.4, -0.2) is 29.2 Å². The van der Waals surface area contributed by atoms with Gasteiger partial charge in [-0.1, -0.05) is 12.1 Å². The molecule has 1 aliphatic rings. The number of hydrogen-bond acceptors (Lipinski definition) is 5. The normalized spacial score (nSPS) is 17.5. The number of aryl methyl sites for hydroxylation is 1. The Morgan fingerprint density at radius 1 is 1.23 bits per heavy atom. The number of anilines is 3. The second kappa shape index (κ2) is 6.75. The molecule has 22 heavy (non-hydrogen) atoms. The van der Waals surface area contributed by atoms with Gasteiger partial charge in [0.05, 0.1) is 6.10 Å². The molecule has 0 amide bonds. The van der Waals surface area contributed by atoms with E-state index in [1.807, 2.05) is 12.1 Å². The first-order valence-electron chi connectivity index (χ1n) is 7.73. The van der Waals surface area contributed by atoms with Crippen LogP contribution in [0.25, 0.3) is 0 Å². The van der Waals surface area contributed by atoms with Gasteiger partial charge in [-0.05, 0) is 43.9 Å². The number of ether oxygens (including phenoxy) is 1. The molecule has 1 unspecified atom stereocenters. The summed E-state index contributed by atoms with van der Waals surface area (Å²) in [6, 6.07) is 8.14. The number of hydrogen-bond donors (Lipinski definition) is 2. The summed E-state index contributed by atoms with van der Waals surface area (Å²) in [6.07, 6.45) is 4.14. The third-order valence-electron chi connectivity index (χ3n) is 4.07. The minimum Gasteiger partial charge on any atom is -0.376 e. The SMILES string of the molecule is Cc1cccc(Nc2cc(NCC3CCCO3)ncn2)c1C. The van der Waals surface area contributed by atoms with Crippen molar-refractivity contribution in [3.8, 4) is 0 Å². The maximum absolute atomic E-state index is 5.61. The molecule has 1 atom stereocenters. The molecule has 1 aromatic heterocycles. The van der Waals surface area contributed by atoms with Crippen molar-refractivity contribution in [1.82, 2.24) is 9.97 Å². The standard InChI is InChI=1S/C17H22N4O/c1-12-5-3-7-15(13(12)2)21-17-9-16(19-11-20-17)18-10-14-6-4-8-22-14/h3,5,7,9,11,14H,4,6,8,10H2,1-2H3,(H2,18,19,20,21). The zero-order valence-electron chi connectivity index (χ0n) is 13.1. The smallest absolute Gasteiger partial charge is 0.135 e. The van der Waals surface area contributed by atoms with Crippen LogP contribution in [0, 0.1) is 13.8 Å². The number of nitrogens with zero attached hydrogens (tertiary/aromatic N) is 2. The quantitative estimate of drug-likeness (QED) is 0.885. The Labute approximate surface area is 131 Å². The molecule has 0 bridgehead atoms. The van der Waals surface area contributed by atoms with E-state index < -0.39 is 0 Å². The Kier molecular flexibility index (Phi) is 4.53. The van der Waals surface area contributed by atoms with Gasteiger partial charge in [-0.15, -0.1) is 0 Å². The summed E-state index contributed by atoms with van der Waals surface area (Å²) in [5.74, 6) is 1.61. The molecule has 2 heterocycles. The largest absolute Gasteiger partial charge is 0.376 e. The second-order valence-electron chi connectivity index (χ2n) is 5.68. The maximum Gasteiger partial charge on any atom is 0.135 e. The average molecular weight is 298 g/mol. The fourth-order valence-corrected chi connectivity index (χ4v) is 2.57. The molecule has 2 aromatic rings. The van der Waals surface area contributed by atoms with Crippen molar-refractivity contribution in [3.05, 3.63) is 41.7 Å². The van der Waals surface area contributed by atoms with E-state index in [4.69, 9.17) is 4.74 Å². The summed E-state index contributed by atoms with van der Waals surface area (Å²) in [5, 5.41) is 6.68. The highest BCUT2D eigenvalue weighted by atomic mass is 16.5. The third-order valence-corrected chi connectivity index (χ3v) is 4.07. The molecule has 1 aromatic carbocycles. The molecule has 1 fully saturated rings. The summed E-state index contributed by atoms with van der Waals surface area (Å²) in [5.41, 5.74) is 3.56. The van der Waals surface area contributed by atoms with E-state index in [1.54, 1.807) is 6.33 Å². The Morgan fingerprint density at radius 2 is 2.09 bits per heavy atom. The van der Waals surface area contributed by atoms with E-state index in [0.717, 1.165) is 43.3 Å². The van der Waals surface area contributed by atoms with Crippen LogP contribution in [0.3, 0.4) is 0 Å². The topological polar surface area (TPSA) is 59.1 Å². The molecule has 5 nitrogen and oxygen atoms in total. The van der Waals surface area contributed by atoms with Crippen LogP contribution in [0.2, 0.25) is 0 Å². The van der Waals surface area contributed by atoms with E-state index in [2.05, 4.69) is 46.6 Å². The fourth-order valence-electron chi connectivity index (χ4n) is 2.57. The summed E-state index contributed by atoms with van der Waals surface area (Å²) >= 11 is 0. The first kappa shape index (κ1) is 14.8. The number of benzene rings is 1. The monoisotopic (exact) mass is 298 g/mol. The van der Waals surface area contributed by atoms with Gasteiger partial charge in [0.15, 0.2) is 0 Å². The van der Waals surface area contributed by atoms with Gasteiger partial charge in [0.2, 0.25) is 0 Å². The van der Waals surface area contributed by atoms with Gasteiger partial charge in [-0.3, -0.25) is 0 Å². The van der Waals surface area contributed by atoms with Gasteiger partial charge >= 0.3 is 0 Å². The van der Waals surface area contributed by atoms with E-state index >= 15 is 0 Å². The van der Waals surface area contributed by atoms with Gasteiger partial charge in [0, 0.05) is 24.9 Å². The predicted octanol–water partition coefficient (Wildman–Crippen LogP) is 3.43. The summed E-state index contributed by atoms with van der Waals surface area (Å²) in [7, 11) is 0. The molecule has 2 N–H and O–H groups in total. The van der Waals surface area contributed by atoms with E-state index in [0.29, 0.717) is 6.10 Å². The fraction of sp³-hybridized carbons (Fsp3) is 0.412. The minimum atomic E-state index is 0.297. The van der Waals surface area contributed by atoms with Crippen molar-refractivity contribution in [2.24, 2.45) is 0 Å². The molecule has 1 aliphatic heterocycles. The van der Waals surface area contributed by atoms with Gasteiger partial charge in [-0.2, -0.15) is 0 Å². The lowest BCUT2D eigenvalue weighted by Gasteiger charge is -2.13. The maximum atomic E-state index is 5.61. The Morgan fingerprint density at radius 3 is 2.91 bits per heavy atom. The highest BCUT2D eigenvalue weighted by molar-refractivity contribution is 5.63. The van der Waals surface area contributed by atoms with Crippen molar-refractivity contribution in [2.75, 3.05) is 23.8 Å². The summed E-state index contributed by atoms with van der Waals surface area (Å²) in [4.78, 5) is 8.56. The molecule has 1 saturated heterocycles. The number of rotatable bonds is 5. The third kappa shape index (κ3) is 3.54. The highest BCUT2D eigenvalue weighted by Crippen LogP contribution is 2.22. The van der Waals surface area contributed by atoms with Crippen LogP contribution in [0.15, 0.2) is 30.6 Å². The van der Waals surface area contributed by atoms with Crippen LogP contribution in [0.5, 0.6) is 0 Å². The molecule has 0 saturated carbocycles. The predicted molar refractivity (Wildman–Crippen MR) is 88.7 cm³/mol. The number of aromatic nitrogens is 2. The lowest BCUT2D eigenvalue weighted by Crippen LogP contribution is -2.19. The molecular weight excluding hydrogens is 276 g/mol. The second-order valence-corrected chi connectivity index (χ2v) is 5.68. The lowest BCUT2D eigenvalue weighted by molar-refractivity contribution is 0.120. The summed E-state index contributed by atoms with van der Waals surface area (Å²) in [6.45, 7) is 5.88. The van der Waals surface area contributed by atoms with E-state index in [9.17, 15) is 0 Å². The molecular formula is C17H22N4O. The van der Waals surface area contributed by atoms with Crippen LogP contribution < -0.4 is 10.6 Å². The van der Waals surface area contributed by atoms with Gasteiger partial charge in [-0.25, -0.2) is 9.97 Å². The molecule has 0 spiro atoms. The van der Waals surface area contributed by atoms with Gasteiger partial charge < -0.3 is 15.4 Å². The van der Waals surface area contributed by atoms with Gasteiger partial charge in [0.1, 0.15) is 18.0 Å². The van der Waals surface area contributed by atoms with Crippen LogP contribution in [0.4, 0.5) is 17.3 Å². The van der Waals surface area contributed by atoms with Gasteiger partial charge in [0.25, 0.3) is 0 Å². The zero-order valence-corrected chi connectivity index (χ0v) is 13.1. The van der Waals surface area contributed by atoms with E-state index in [1.165, 1.54) is 11.1 Å². The first-order chi connectivity index (χ1) is 10.7. The van der Waals surface area contributed by atoms with Crippen molar-refractivity contribution in [2.45, 2.75) is 32.8 Å². The van der Waals surface area contributed by atoms with Crippen LogP contribution >= 0.6 is 0 Å². The Hall–Kier alpha value is -2.14. The van der Waals surface area contributed by atoms with Crippen molar-refractivity contribution < 1.29 is 4.74 Å². The molecule has 116 valence electrons. The first-order valence-corrected chi connectivity index (χ1v) is 7.73. The van der Waals surface area contributed by atoms with Crippen LogP contribution in [-0.2, 0) is 4.74 Å². The highest BCUT2D eigenvalue weighted by Gasteiger charge is 2.15. The van der Waals surface area contributed by atoms with Crippen molar-refractivity contribution in [1.29, 1.82) is 0 Å². The zero-order chi connectivity index (χ0) is 15.4. The minimum absolute atomic E-state index is 0.297. The Bertz CT molecular complexity index is 638. The molecule has 0 radical (unpaired) electrons. The van der Waals surface area contributed by atoms with Crippen LogP contribution in [0.1, 0.15) is 24.0 Å². The molecule has 0 aliphatic carbocycles.